The normalized spacial score (nSPS) is 10.4. The molecule has 0 aliphatic heterocycles. The molecule has 2 aromatic rings. The molecule has 4 nitrogen and oxygen atoms in total. The molecule has 19 heavy (non-hydrogen) atoms. The second-order valence-electron chi connectivity index (χ2n) is 4.39. The first-order valence-corrected chi connectivity index (χ1v) is 6.56. The molecule has 1 heterocycles. The van der Waals surface area contributed by atoms with Gasteiger partial charge in [-0.25, -0.2) is 9.97 Å². The zero-order chi connectivity index (χ0) is 13.5. The summed E-state index contributed by atoms with van der Waals surface area (Å²) >= 11 is 0. The number of nitrogens with zero attached hydrogens (tertiary/aromatic N) is 2. The summed E-state index contributed by atoms with van der Waals surface area (Å²) in [6.45, 7) is 2.17. The number of aromatic nitrogens is 2. The maximum atomic E-state index is 9.93. The van der Waals surface area contributed by atoms with Crippen molar-refractivity contribution in [2.75, 3.05) is 0 Å². The highest BCUT2D eigenvalue weighted by molar-refractivity contribution is 5.43. The molecular weight excluding hydrogens is 240 g/mol. The molecule has 0 bridgehead atoms. The van der Waals surface area contributed by atoms with Crippen molar-refractivity contribution in [3.8, 4) is 17.5 Å². The lowest BCUT2D eigenvalue weighted by atomic mass is 10.1. The number of rotatable bonds is 6. The van der Waals surface area contributed by atoms with E-state index in [9.17, 15) is 5.11 Å². The minimum Gasteiger partial charge on any atom is -0.504 e. The van der Waals surface area contributed by atoms with Crippen LogP contribution in [0.3, 0.4) is 0 Å². The Bertz CT molecular complexity index is 515. The van der Waals surface area contributed by atoms with Gasteiger partial charge in [0.2, 0.25) is 0 Å². The third-order valence-electron chi connectivity index (χ3n) is 2.84. The first-order valence-electron chi connectivity index (χ1n) is 6.56. The highest BCUT2D eigenvalue weighted by atomic mass is 16.5. The quantitative estimate of drug-likeness (QED) is 0.802. The highest BCUT2D eigenvalue weighted by Crippen LogP contribution is 2.30. The van der Waals surface area contributed by atoms with E-state index >= 15 is 0 Å². The van der Waals surface area contributed by atoms with Gasteiger partial charge in [0.1, 0.15) is 0 Å². The first kappa shape index (κ1) is 13.3. The van der Waals surface area contributed by atoms with Crippen molar-refractivity contribution in [3.05, 3.63) is 42.2 Å². The lowest BCUT2D eigenvalue weighted by Gasteiger charge is -2.07. The molecule has 0 spiro atoms. The van der Waals surface area contributed by atoms with Crippen LogP contribution in [0.2, 0.25) is 0 Å². The number of unbranched alkanes of at least 4 members (excludes halogenated alkanes) is 2. The Morgan fingerprint density at radius 3 is 2.63 bits per heavy atom. The lowest BCUT2D eigenvalue weighted by molar-refractivity contribution is 0.391. The van der Waals surface area contributed by atoms with E-state index in [0.717, 1.165) is 18.4 Å². The van der Waals surface area contributed by atoms with Crippen molar-refractivity contribution in [1.29, 1.82) is 0 Å². The Kier molecular flexibility index (Phi) is 4.72. The number of ether oxygens (including phenoxy) is 1. The number of phenolic OH excluding ortho intramolecular Hbond substituents is 1. The van der Waals surface area contributed by atoms with Gasteiger partial charge in [0.15, 0.2) is 11.5 Å². The van der Waals surface area contributed by atoms with Crippen LogP contribution in [0.15, 0.2) is 36.7 Å². The van der Waals surface area contributed by atoms with E-state index in [1.54, 1.807) is 30.6 Å². The van der Waals surface area contributed by atoms with E-state index in [-0.39, 0.29) is 11.8 Å². The van der Waals surface area contributed by atoms with Crippen LogP contribution < -0.4 is 4.74 Å². The predicted molar refractivity (Wildman–Crippen MR) is 73.4 cm³/mol. The van der Waals surface area contributed by atoms with Crippen LogP contribution in [-0.4, -0.2) is 15.1 Å². The van der Waals surface area contributed by atoms with E-state index in [1.165, 1.54) is 12.8 Å². The van der Waals surface area contributed by atoms with Crippen LogP contribution >= 0.6 is 0 Å². The number of phenols is 1. The minimum absolute atomic E-state index is 0.126. The van der Waals surface area contributed by atoms with Gasteiger partial charge in [0.25, 0.3) is 0 Å². The Hall–Kier alpha value is -2.10. The summed E-state index contributed by atoms with van der Waals surface area (Å²) in [5.41, 5.74) is 1.12. The molecule has 1 aromatic heterocycles. The molecule has 0 unspecified atom stereocenters. The molecule has 0 aliphatic carbocycles. The molecule has 100 valence electrons. The molecule has 1 aromatic carbocycles. The number of aromatic hydroxyl groups is 1. The molecule has 4 heteroatoms. The number of aryl methyl sites for hydroxylation is 1. The molecule has 0 saturated heterocycles. The Balaban J connectivity index is 2.03. The number of benzene rings is 1. The highest BCUT2D eigenvalue weighted by Gasteiger charge is 2.06. The van der Waals surface area contributed by atoms with Gasteiger partial charge in [-0.15, -0.1) is 0 Å². The third kappa shape index (κ3) is 3.95. The monoisotopic (exact) mass is 258 g/mol. The van der Waals surface area contributed by atoms with Crippen molar-refractivity contribution < 1.29 is 9.84 Å². The van der Waals surface area contributed by atoms with Gasteiger partial charge in [-0.2, -0.15) is 0 Å². The predicted octanol–water partition coefficient (Wildman–Crippen LogP) is 3.71. The molecule has 0 aliphatic rings. The van der Waals surface area contributed by atoms with Gasteiger partial charge >= 0.3 is 6.01 Å². The van der Waals surface area contributed by atoms with Crippen LogP contribution in [-0.2, 0) is 6.42 Å². The third-order valence-corrected chi connectivity index (χ3v) is 2.84. The standard InChI is InChI=1S/C15H18N2O2/c1-2-3-4-6-12-7-8-14(13(18)11-12)19-15-16-9-5-10-17-15/h5,7-11,18H,2-4,6H2,1H3. The smallest absolute Gasteiger partial charge is 0.321 e. The summed E-state index contributed by atoms with van der Waals surface area (Å²) in [6, 6.07) is 7.41. The Morgan fingerprint density at radius 2 is 1.95 bits per heavy atom. The van der Waals surface area contributed by atoms with Gasteiger partial charge in [-0.1, -0.05) is 25.8 Å². The van der Waals surface area contributed by atoms with Crippen molar-refractivity contribution in [3.63, 3.8) is 0 Å². The van der Waals surface area contributed by atoms with Crippen LogP contribution in [0.25, 0.3) is 0 Å². The molecule has 0 atom stereocenters. The number of hydrogen-bond donors (Lipinski definition) is 1. The Morgan fingerprint density at radius 1 is 1.16 bits per heavy atom. The zero-order valence-corrected chi connectivity index (χ0v) is 11.0. The summed E-state index contributed by atoms with van der Waals surface area (Å²) in [6.07, 6.45) is 7.70. The van der Waals surface area contributed by atoms with Crippen molar-refractivity contribution in [1.82, 2.24) is 9.97 Å². The van der Waals surface area contributed by atoms with Gasteiger partial charge in [-0.05, 0) is 36.6 Å². The van der Waals surface area contributed by atoms with Gasteiger partial charge in [0.05, 0.1) is 0 Å². The van der Waals surface area contributed by atoms with E-state index in [1.807, 2.05) is 6.07 Å². The molecule has 2 rings (SSSR count). The second kappa shape index (κ2) is 6.73. The lowest BCUT2D eigenvalue weighted by Crippen LogP contribution is -1.92. The molecule has 0 radical (unpaired) electrons. The average Bonchev–Trinajstić information content (AvgIpc) is 2.43. The van der Waals surface area contributed by atoms with Crippen LogP contribution in [0.5, 0.6) is 17.5 Å². The second-order valence-corrected chi connectivity index (χ2v) is 4.39. The topological polar surface area (TPSA) is 55.2 Å². The first-order chi connectivity index (χ1) is 9.29. The Labute approximate surface area is 113 Å². The summed E-state index contributed by atoms with van der Waals surface area (Å²) in [5, 5.41) is 9.93. The summed E-state index contributed by atoms with van der Waals surface area (Å²) in [7, 11) is 0. The zero-order valence-electron chi connectivity index (χ0n) is 11.0. The summed E-state index contributed by atoms with van der Waals surface area (Å²) < 4.78 is 5.42. The summed E-state index contributed by atoms with van der Waals surface area (Å²) in [4.78, 5) is 7.91. The van der Waals surface area contributed by atoms with E-state index in [4.69, 9.17) is 4.74 Å². The maximum Gasteiger partial charge on any atom is 0.321 e. The largest absolute Gasteiger partial charge is 0.504 e. The van der Waals surface area contributed by atoms with E-state index in [2.05, 4.69) is 16.9 Å². The van der Waals surface area contributed by atoms with Crippen molar-refractivity contribution in [2.24, 2.45) is 0 Å². The molecular formula is C15H18N2O2. The fraction of sp³-hybridized carbons (Fsp3) is 0.333. The van der Waals surface area contributed by atoms with Crippen LogP contribution in [0.1, 0.15) is 31.7 Å². The number of hydrogen-bond acceptors (Lipinski definition) is 4. The minimum atomic E-state index is 0.126. The van der Waals surface area contributed by atoms with Crippen LogP contribution in [0, 0.1) is 0 Å². The van der Waals surface area contributed by atoms with Crippen LogP contribution in [0.4, 0.5) is 0 Å². The van der Waals surface area contributed by atoms with Crippen molar-refractivity contribution in [2.45, 2.75) is 32.6 Å². The van der Waals surface area contributed by atoms with Gasteiger partial charge in [-0.3, -0.25) is 0 Å². The molecule has 1 N–H and O–H groups in total. The molecule has 0 amide bonds. The van der Waals surface area contributed by atoms with E-state index < -0.39 is 0 Å². The maximum absolute atomic E-state index is 9.93. The van der Waals surface area contributed by atoms with Gasteiger partial charge < -0.3 is 9.84 Å². The average molecular weight is 258 g/mol. The van der Waals surface area contributed by atoms with Gasteiger partial charge in [0, 0.05) is 12.4 Å². The molecule has 0 fully saturated rings. The van der Waals surface area contributed by atoms with E-state index in [0.29, 0.717) is 5.75 Å². The fourth-order valence-corrected chi connectivity index (χ4v) is 1.82. The van der Waals surface area contributed by atoms with Crippen molar-refractivity contribution >= 4 is 0 Å². The summed E-state index contributed by atoms with van der Waals surface area (Å²) in [5.74, 6) is 0.506. The SMILES string of the molecule is CCCCCc1ccc(Oc2ncccn2)c(O)c1. The molecule has 0 saturated carbocycles. The fourth-order valence-electron chi connectivity index (χ4n) is 1.82.